The number of fused-ring (bicyclic) bond motifs is 1. The molecule has 0 unspecified atom stereocenters. The largest absolute Gasteiger partial charge is 0.440 e. The molecular weight excluding hydrogens is 238 g/mol. The number of benzene rings is 1. The van der Waals surface area contributed by atoms with Crippen LogP contribution in [-0.2, 0) is 0 Å². The van der Waals surface area contributed by atoms with E-state index in [2.05, 4.69) is 4.90 Å². The summed E-state index contributed by atoms with van der Waals surface area (Å²) in [7, 11) is 0. The van der Waals surface area contributed by atoms with Gasteiger partial charge in [0.05, 0.1) is 10.9 Å². The van der Waals surface area contributed by atoms with Gasteiger partial charge in [0.15, 0.2) is 5.43 Å². The monoisotopic (exact) mass is 257 g/mol. The first-order valence-corrected chi connectivity index (χ1v) is 6.96. The quantitative estimate of drug-likeness (QED) is 0.785. The highest BCUT2D eigenvalue weighted by Crippen LogP contribution is 2.26. The van der Waals surface area contributed by atoms with Crippen LogP contribution >= 0.6 is 0 Å². The number of piperidine rings is 1. The fraction of sp³-hybridized carbons (Fsp3) is 0.438. The maximum absolute atomic E-state index is 12.5. The van der Waals surface area contributed by atoms with E-state index in [-0.39, 0.29) is 5.43 Å². The molecule has 100 valence electrons. The molecule has 1 aromatic heterocycles. The van der Waals surface area contributed by atoms with E-state index in [1.807, 2.05) is 32.0 Å². The lowest BCUT2D eigenvalue weighted by molar-refractivity contribution is 0.509. The summed E-state index contributed by atoms with van der Waals surface area (Å²) in [6, 6.07) is 5.80. The molecule has 3 rings (SSSR count). The van der Waals surface area contributed by atoms with Crippen LogP contribution in [0, 0.1) is 13.8 Å². The van der Waals surface area contributed by atoms with Crippen LogP contribution < -0.4 is 10.3 Å². The van der Waals surface area contributed by atoms with Crippen molar-refractivity contribution in [2.45, 2.75) is 33.1 Å². The minimum absolute atomic E-state index is 0.102. The smallest absolute Gasteiger partial charge is 0.202 e. The Balaban J connectivity index is 2.18. The van der Waals surface area contributed by atoms with Crippen LogP contribution in [-0.4, -0.2) is 13.1 Å². The molecule has 1 aromatic carbocycles. The minimum atomic E-state index is 0.102. The summed E-state index contributed by atoms with van der Waals surface area (Å²) in [5, 5.41) is 0.693. The van der Waals surface area contributed by atoms with E-state index in [4.69, 9.17) is 4.42 Å². The number of rotatable bonds is 1. The highest BCUT2D eigenvalue weighted by atomic mass is 16.4. The van der Waals surface area contributed by atoms with Crippen LogP contribution in [0.2, 0.25) is 0 Å². The second-order valence-corrected chi connectivity index (χ2v) is 5.41. The van der Waals surface area contributed by atoms with E-state index >= 15 is 0 Å². The summed E-state index contributed by atoms with van der Waals surface area (Å²) < 4.78 is 5.99. The van der Waals surface area contributed by atoms with Crippen molar-refractivity contribution >= 4 is 16.9 Å². The molecule has 3 heteroatoms. The lowest BCUT2D eigenvalue weighted by Crippen LogP contribution is -2.31. The van der Waals surface area contributed by atoms with E-state index in [1.54, 1.807) is 0 Å². The summed E-state index contributed by atoms with van der Waals surface area (Å²) in [4.78, 5) is 14.7. The average Bonchev–Trinajstić information content (AvgIpc) is 2.44. The minimum Gasteiger partial charge on any atom is -0.440 e. The van der Waals surface area contributed by atoms with E-state index in [0.29, 0.717) is 11.0 Å². The van der Waals surface area contributed by atoms with Gasteiger partial charge >= 0.3 is 0 Å². The summed E-state index contributed by atoms with van der Waals surface area (Å²) in [5.74, 6) is 0.765. The van der Waals surface area contributed by atoms with Gasteiger partial charge in [0, 0.05) is 13.1 Å². The van der Waals surface area contributed by atoms with Gasteiger partial charge in [-0.05, 0) is 45.2 Å². The lowest BCUT2D eigenvalue weighted by atomic mass is 10.1. The Labute approximate surface area is 112 Å². The van der Waals surface area contributed by atoms with Gasteiger partial charge in [-0.3, -0.25) is 4.79 Å². The van der Waals surface area contributed by atoms with Gasteiger partial charge in [0.1, 0.15) is 5.58 Å². The first-order valence-electron chi connectivity index (χ1n) is 6.96. The number of hydrogen-bond acceptors (Lipinski definition) is 3. The van der Waals surface area contributed by atoms with E-state index in [0.717, 1.165) is 30.1 Å². The topological polar surface area (TPSA) is 33.5 Å². The first kappa shape index (κ1) is 12.3. The molecule has 19 heavy (non-hydrogen) atoms. The van der Waals surface area contributed by atoms with Crippen molar-refractivity contribution in [3.63, 3.8) is 0 Å². The Morgan fingerprint density at radius 2 is 1.84 bits per heavy atom. The molecule has 1 aliphatic rings. The lowest BCUT2D eigenvalue weighted by Gasteiger charge is -2.28. The van der Waals surface area contributed by atoms with Gasteiger partial charge in [-0.2, -0.15) is 0 Å². The van der Waals surface area contributed by atoms with Gasteiger partial charge in [-0.1, -0.05) is 11.6 Å². The van der Waals surface area contributed by atoms with Gasteiger partial charge in [-0.25, -0.2) is 0 Å². The van der Waals surface area contributed by atoms with Crippen LogP contribution in [0.15, 0.2) is 27.4 Å². The standard InChI is InChI=1S/C16H19NO2/c1-11-6-7-14-13(10-11)15(18)12(2)16(19-14)17-8-4-3-5-9-17/h6-7,10H,3-5,8-9H2,1-2H3. The fourth-order valence-electron chi connectivity index (χ4n) is 2.79. The third-order valence-corrected chi connectivity index (χ3v) is 3.89. The van der Waals surface area contributed by atoms with Crippen molar-refractivity contribution in [1.29, 1.82) is 0 Å². The molecule has 0 saturated carbocycles. The molecule has 0 N–H and O–H groups in total. The molecule has 1 fully saturated rings. The van der Waals surface area contributed by atoms with E-state index in [9.17, 15) is 4.79 Å². The van der Waals surface area contributed by atoms with Gasteiger partial charge < -0.3 is 9.32 Å². The van der Waals surface area contributed by atoms with Gasteiger partial charge in [-0.15, -0.1) is 0 Å². The molecule has 0 spiro atoms. The molecular formula is C16H19NO2. The number of hydrogen-bond donors (Lipinski definition) is 0. The maximum atomic E-state index is 12.5. The summed E-state index contributed by atoms with van der Waals surface area (Å²) in [6.07, 6.45) is 3.62. The zero-order valence-electron chi connectivity index (χ0n) is 11.5. The summed E-state index contributed by atoms with van der Waals surface area (Å²) in [6.45, 7) is 5.84. The van der Waals surface area contributed by atoms with Crippen LogP contribution in [0.25, 0.3) is 11.0 Å². The molecule has 3 nitrogen and oxygen atoms in total. The number of aryl methyl sites for hydroxylation is 1. The summed E-state index contributed by atoms with van der Waals surface area (Å²) in [5.41, 5.74) is 2.62. The Kier molecular flexibility index (Phi) is 3.05. The molecule has 1 aliphatic heterocycles. The second kappa shape index (κ2) is 4.72. The highest BCUT2D eigenvalue weighted by molar-refractivity contribution is 5.79. The second-order valence-electron chi connectivity index (χ2n) is 5.41. The molecule has 0 aliphatic carbocycles. The Morgan fingerprint density at radius 3 is 2.58 bits per heavy atom. The zero-order valence-corrected chi connectivity index (χ0v) is 11.5. The normalized spacial score (nSPS) is 16.0. The Hall–Kier alpha value is -1.77. The van der Waals surface area contributed by atoms with Crippen LogP contribution in [0.4, 0.5) is 5.88 Å². The number of anilines is 1. The fourth-order valence-corrected chi connectivity index (χ4v) is 2.79. The van der Waals surface area contributed by atoms with E-state index < -0.39 is 0 Å². The Bertz CT molecular complexity index is 666. The third-order valence-electron chi connectivity index (χ3n) is 3.89. The predicted molar refractivity (Wildman–Crippen MR) is 78.0 cm³/mol. The molecule has 2 heterocycles. The maximum Gasteiger partial charge on any atom is 0.202 e. The molecule has 0 radical (unpaired) electrons. The molecule has 2 aromatic rings. The molecule has 0 amide bonds. The van der Waals surface area contributed by atoms with Crippen LogP contribution in [0.3, 0.4) is 0 Å². The SMILES string of the molecule is Cc1ccc2oc(N3CCCCC3)c(C)c(=O)c2c1. The molecule has 0 atom stereocenters. The van der Waals surface area contributed by atoms with Crippen molar-refractivity contribution in [2.24, 2.45) is 0 Å². The van der Waals surface area contributed by atoms with Crippen molar-refractivity contribution in [1.82, 2.24) is 0 Å². The van der Waals surface area contributed by atoms with Gasteiger partial charge in [0.2, 0.25) is 5.88 Å². The average molecular weight is 257 g/mol. The summed E-state index contributed by atoms with van der Waals surface area (Å²) >= 11 is 0. The van der Waals surface area contributed by atoms with E-state index in [1.165, 1.54) is 19.3 Å². The molecule has 1 saturated heterocycles. The van der Waals surface area contributed by atoms with Crippen molar-refractivity contribution in [3.8, 4) is 0 Å². The van der Waals surface area contributed by atoms with Crippen LogP contribution in [0.5, 0.6) is 0 Å². The predicted octanol–water partition coefficient (Wildman–Crippen LogP) is 3.40. The molecule has 0 bridgehead atoms. The first-order chi connectivity index (χ1) is 9.16. The van der Waals surface area contributed by atoms with Crippen molar-refractivity contribution < 1.29 is 4.42 Å². The Morgan fingerprint density at radius 1 is 1.11 bits per heavy atom. The van der Waals surface area contributed by atoms with Crippen molar-refractivity contribution in [3.05, 3.63) is 39.5 Å². The highest BCUT2D eigenvalue weighted by Gasteiger charge is 2.18. The zero-order chi connectivity index (χ0) is 13.4. The van der Waals surface area contributed by atoms with Gasteiger partial charge in [0.25, 0.3) is 0 Å². The third kappa shape index (κ3) is 2.14. The van der Waals surface area contributed by atoms with Crippen LogP contribution in [0.1, 0.15) is 30.4 Å². The van der Waals surface area contributed by atoms with Crippen molar-refractivity contribution in [2.75, 3.05) is 18.0 Å². The number of nitrogens with zero attached hydrogens (tertiary/aromatic N) is 1.